The number of hydrogen-bond acceptors (Lipinski definition) is 2. The van der Waals surface area contributed by atoms with Crippen molar-refractivity contribution in [1.82, 2.24) is 0 Å². The van der Waals surface area contributed by atoms with E-state index in [1.54, 1.807) is 0 Å². The summed E-state index contributed by atoms with van der Waals surface area (Å²) in [5.74, 6) is -2.37. The van der Waals surface area contributed by atoms with E-state index in [-0.39, 0.29) is 31.7 Å². The Balaban J connectivity index is 0. The molecule has 0 saturated carbocycles. The van der Waals surface area contributed by atoms with Crippen molar-refractivity contribution in [2.75, 3.05) is 0 Å². The molecule has 0 radical (unpaired) electrons. The third kappa shape index (κ3) is 10.1. The third-order valence-corrected chi connectivity index (χ3v) is 4.45. The first kappa shape index (κ1) is 24.8. The molecule has 0 spiro atoms. The van der Waals surface area contributed by atoms with Gasteiger partial charge in [-0.1, -0.05) is 84.5 Å². The summed E-state index contributed by atoms with van der Waals surface area (Å²) < 4.78 is 0. The van der Waals surface area contributed by atoms with Gasteiger partial charge in [-0.25, -0.2) is 0 Å². The second kappa shape index (κ2) is 15.1. The Bertz CT molecular complexity index is 304. The molecule has 0 rings (SSSR count). The van der Waals surface area contributed by atoms with Crippen molar-refractivity contribution in [1.29, 1.82) is 0 Å². The van der Waals surface area contributed by atoms with Crippen LogP contribution in [0, 0.1) is 5.41 Å². The standard InChI is InChI=1S/C18H34O4.Li.H/c1-3-5-6-7-8-9-10-11-12-13-15-18(14-4-2,16(19)20)17(21)22;;/h3-15H2,1-2H3,(H,19,20)(H,21,22);;. The minimum atomic E-state index is -1.57. The summed E-state index contributed by atoms with van der Waals surface area (Å²) in [6.07, 6.45) is 12.7. The molecule has 0 aromatic heterocycles. The van der Waals surface area contributed by atoms with Gasteiger partial charge >= 0.3 is 30.8 Å². The van der Waals surface area contributed by atoms with Gasteiger partial charge in [0.25, 0.3) is 0 Å². The van der Waals surface area contributed by atoms with Crippen LogP contribution >= 0.6 is 0 Å². The number of aliphatic carboxylic acids is 2. The van der Waals surface area contributed by atoms with Crippen LogP contribution in [0.1, 0.15) is 97.3 Å². The summed E-state index contributed by atoms with van der Waals surface area (Å²) in [5.41, 5.74) is -1.57. The van der Waals surface area contributed by atoms with E-state index in [1.807, 2.05) is 6.92 Å². The van der Waals surface area contributed by atoms with Crippen LogP contribution in [0.5, 0.6) is 0 Å². The first-order valence-electron chi connectivity index (χ1n) is 8.98. The monoisotopic (exact) mass is 322 g/mol. The molecule has 0 aliphatic rings. The number of carboxylic acids is 2. The Labute approximate surface area is 153 Å². The van der Waals surface area contributed by atoms with Gasteiger partial charge in [-0.2, -0.15) is 0 Å². The SMILES string of the molecule is CCCCCCCCCCCCC(CCC)(C(=O)O)C(=O)O.[LiH]. The zero-order valence-corrected chi connectivity index (χ0v) is 14.4. The maximum absolute atomic E-state index is 11.4. The number of unbranched alkanes of at least 4 members (excludes halogenated alkanes) is 9. The molecule has 4 nitrogen and oxygen atoms in total. The molecule has 132 valence electrons. The summed E-state index contributed by atoms with van der Waals surface area (Å²) in [7, 11) is 0. The first-order chi connectivity index (χ1) is 10.5. The Kier molecular flexibility index (Phi) is 16.3. The second-order valence-electron chi connectivity index (χ2n) is 6.37. The quantitative estimate of drug-likeness (QED) is 0.262. The van der Waals surface area contributed by atoms with Gasteiger partial charge in [0.2, 0.25) is 0 Å². The van der Waals surface area contributed by atoms with Crippen LogP contribution in [-0.4, -0.2) is 41.0 Å². The van der Waals surface area contributed by atoms with Crippen LogP contribution in [0.25, 0.3) is 0 Å². The van der Waals surface area contributed by atoms with Crippen molar-refractivity contribution in [2.24, 2.45) is 5.41 Å². The molecule has 5 heteroatoms. The topological polar surface area (TPSA) is 74.6 Å². The van der Waals surface area contributed by atoms with E-state index in [0.29, 0.717) is 12.8 Å². The van der Waals surface area contributed by atoms with Gasteiger partial charge in [-0.3, -0.25) is 9.59 Å². The average Bonchev–Trinajstić information content (AvgIpc) is 2.47. The van der Waals surface area contributed by atoms with E-state index >= 15 is 0 Å². The zero-order valence-electron chi connectivity index (χ0n) is 14.4. The second-order valence-corrected chi connectivity index (χ2v) is 6.37. The zero-order chi connectivity index (χ0) is 16.8. The van der Waals surface area contributed by atoms with Gasteiger partial charge in [-0.15, -0.1) is 0 Å². The van der Waals surface area contributed by atoms with Gasteiger partial charge in [0.05, 0.1) is 0 Å². The number of carboxylic acid groups (broad SMARTS) is 2. The van der Waals surface area contributed by atoms with E-state index in [1.165, 1.54) is 44.9 Å². The van der Waals surface area contributed by atoms with E-state index in [9.17, 15) is 19.8 Å². The molecule has 0 aliphatic carbocycles. The van der Waals surface area contributed by atoms with Gasteiger partial charge in [-0.05, 0) is 12.8 Å². The average molecular weight is 322 g/mol. The summed E-state index contributed by atoms with van der Waals surface area (Å²) in [6.45, 7) is 4.05. The predicted molar refractivity (Wildman–Crippen MR) is 96.2 cm³/mol. The van der Waals surface area contributed by atoms with Gasteiger partial charge in [0, 0.05) is 0 Å². The molecule has 0 aromatic rings. The Morgan fingerprint density at radius 1 is 0.652 bits per heavy atom. The summed E-state index contributed by atoms with van der Waals surface area (Å²) >= 11 is 0. The fourth-order valence-electron chi connectivity index (χ4n) is 2.99. The molecular formula is C18H35LiO4. The predicted octanol–water partition coefficient (Wildman–Crippen LogP) is 4.60. The Hall–Kier alpha value is -0.463. The van der Waals surface area contributed by atoms with E-state index in [0.717, 1.165) is 12.8 Å². The van der Waals surface area contributed by atoms with Crippen molar-refractivity contribution in [3.05, 3.63) is 0 Å². The van der Waals surface area contributed by atoms with Crippen molar-refractivity contribution >= 4 is 30.8 Å². The molecule has 0 amide bonds. The Morgan fingerprint density at radius 2 is 1.04 bits per heavy atom. The normalized spacial score (nSPS) is 11.0. The molecule has 0 aliphatic heterocycles. The van der Waals surface area contributed by atoms with Crippen LogP contribution in [0.2, 0.25) is 0 Å². The van der Waals surface area contributed by atoms with Crippen LogP contribution in [-0.2, 0) is 9.59 Å². The molecule has 2 N–H and O–H groups in total. The molecular weight excluding hydrogens is 287 g/mol. The van der Waals surface area contributed by atoms with Crippen molar-refractivity contribution in [2.45, 2.75) is 97.3 Å². The first-order valence-corrected chi connectivity index (χ1v) is 8.98. The van der Waals surface area contributed by atoms with Crippen LogP contribution < -0.4 is 0 Å². The van der Waals surface area contributed by atoms with Crippen molar-refractivity contribution < 1.29 is 19.8 Å². The summed E-state index contributed by atoms with van der Waals surface area (Å²) in [5, 5.41) is 18.6. The molecule has 0 unspecified atom stereocenters. The van der Waals surface area contributed by atoms with Gasteiger partial charge in [0.15, 0.2) is 5.41 Å². The molecule has 0 bridgehead atoms. The third-order valence-electron chi connectivity index (χ3n) is 4.45. The van der Waals surface area contributed by atoms with Crippen LogP contribution in [0.4, 0.5) is 0 Å². The van der Waals surface area contributed by atoms with E-state index < -0.39 is 17.4 Å². The summed E-state index contributed by atoms with van der Waals surface area (Å²) in [6, 6.07) is 0. The summed E-state index contributed by atoms with van der Waals surface area (Å²) in [4.78, 5) is 22.7. The van der Waals surface area contributed by atoms with Crippen LogP contribution in [0.3, 0.4) is 0 Å². The molecule has 0 heterocycles. The molecule has 0 saturated heterocycles. The fraction of sp³-hybridized carbons (Fsp3) is 0.889. The molecule has 23 heavy (non-hydrogen) atoms. The fourth-order valence-corrected chi connectivity index (χ4v) is 2.99. The van der Waals surface area contributed by atoms with E-state index in [4.69, 9.17) is 0 Å². The Morgan fingerprint density at radius 3 is 1.39 bits per heavy atom. The number of carbonyl (C=O) groups is 2. The molecule has 0 aromatic carbocycles. The minimum absolute atomic E-state index is 0. The van der Waals surface area contributed by atoms with Gasteiger partial charge in [0.1, 0.15) is 0 Å². The number of hydrogen-bond donors (Lipinski definition) is 2. The molecule has 0 fully saturated rings. The van der Waals surface area contributed by atoms with Gasteiger partial charge < -0.3 is 10.2 Å². The molecule has 0 atom stereocenters. The van der Waals surface area contributed by atoms with Crippen molar-refractivity contribution in [3.63, 3.8) is 0 Å². The number of rotatable bonds is 15. The van der Waals surface area contributed by atoms with E-state index in [2.05, 4.69) is 6.92 Å². The maximum atomic E-state index is 11.4. The van der Waals surface area contributed by atoms with Crippen molar-refractivity contribution in [3.8, 4) is 0 Å². The van der Waals surface area contributed by atoms with Crippen LogP contribution in [0.15, 0.2) is 0 Å².